The molecule has 6 nitrogen and oxygen atoms in total. The number of carbonyl (C=O) groups is 2. The van der Waals surface area contributed by atoms with Gasteiger partial charge in [0.25, 0.3) is 10.0 Å². The Labute approximate surface area is 115 Å². The topological polar surface area (TPSA) is 89.5 Å². The molecule has 0 bridgehead atoms. The minimum atomic E-state index is -4.16. The molecule has 0 radical (unpaired) electrons. The first kappa shape index (κ1) is 15.5. The van der Waals surface area contributed by atoms with Gasteiger partial charge in [0.1, 0.15) is 4.90 Å². The second kappa shape index (κ2) is 6.03. The Kier molecular flexibility index (Phi) is 4.90. The summed E-state index contributed by atoms with van der Waals surface area (Å²) in [6.45, 7) is 1.50. The number of halogens is 1. The maximum absolute atomic E-state index is 12.0. The molecule has 0 aliphatic heterocycles. The standard InChI is InChI=1S/C11H12ClNO5S/c1-3-10(14)13-19(16,17)9-6-7(12)4-5-8(9)11(15)18-2/h4-6H,3H2,1-2H3,(H,13,14). The molecule has 0 saturated carbocycles. The van der Waals surface area contributed by atoms with E-state index >= 15 is 0 Å². The van der Waals surface area contributed by atoms with Gasteiger partial charge in [-0.1, -0.05) is 18.5 Å². The Balaban J connectivity index is 3.35. The number of nitrogens with one attached hydrogen (secondary N) is 1. The van der Waals surface area contributed by atoms with E-state index in [1.807, 2.05) is 4.72 Å². The summed E-state index contributed by atoms with van der Waals surface area (Å²) in [5.41, 5.74) is -0.191. The zero-order valence-electron chi connectivity index (χ0n) is 10.3. The molecule has 1 rings (SSSR count). The van der Waals surface area contributed by atoms with Crippen molar-refractivity contribution in [3.63, 3.8) is 0 Å². The average Bonchev–Trinajstić information content (AvgIpc) is 2.37. The third kappa shape index (κ3) is 3.68. The summed E-state index contributed by atoms with van der Waals surface area (Å²) >= 11 is 5.71. The molecule has 19 heavy (non-hydrogen) atoms. The molecule has 0 atom stereocenters. The van der Waals surface area contributed by atoms with Crippen LogP contribution in [0.5, 0.6) is 0 Å². The second-order valence-corrected chi connectivity index (χ2v) is 5.60. The van der Waals surface area contributed by atoms with Crippen molar-refractivity contribution in [3.8, 4) is 0 Å². The third-order valence-electron chi connectivity index (χ3n) is 2.21. The minimum absolute atomic E-state index is 0.00659. The molecule has 0 aliphatic rings. The molecule has 0 saturated heterocycles. The van der Waals surface area contributed by atoms with Crippen LogP contribution in [0, 0.1) is 0 Å². The first-order chi connectivity index (χ1) is 8.81. The molecule has 1 aromatic carbocycles. The summed E-state index contributed by atoms with van der Waals surface area (Å²) in [4.78, 5) is 22.3. The van der Waals surface area contributed by atoms with Crippen molar-refractivity contribution < 1.29 is 22.7 Å². The van der Waals surface area contributed by atoms with Gasteiger partial charge in [0.05, 0.1) is 12.7 Å². The second-order valence-electron chi connectivity index (χ2n) is 3.51. The van der Waals surface area contributed by atoms with E-state index in [1.54, 1.807) is 0 Å². The smallest absolute Gasteiger partial charge is 0.339 e. The van der Waals surface area contributed by atoms with Gasteiger partial charge >= 0.3 is 5.97 Å². The number of ether oxygens (including phenoxy) is 1. The normalized spacial score (nSPS) is 10.9. The van der Waals surface area contributed by atoms with Gasteiger partial charge in [0.2, 0.25) is 5.91 Å². The van der Waals surface area contributed by atoms with Gasteiger partial charge in [0.15, 0.2) is 0 Å². The van der Waals surface area contributed by atoms with Crippen LogP contribution < -0.4 is 4.72 Å². The molecular weight excluding hydrogens is 294 g/mol. The van der Waals surface area contributed by atoms with E-state index in [-0.39, 0.29) is 17.0 Å². The number of hydrogen-bond donors (Lipinski definition) is 1. The molecule has 1 aromatic rings. The van der Waals surface area contributed by atoms with Crippen LogP contribution in [0.15, 0.2) is 23.1 Å². The van der Waals surface area contributed by atoms with Crippen LogP contribution in [0.3, 0.4) is 0 Å². The molecule has 0 heterocycles. The van der Waals surface area contributed by atoms with Crippen LogP contribution in [-0.4, -0.2) is 27.4 Å². The van der Waals surface area contributed by atoms with E-state index in [4.69, 9.17) is 11.6 Å². The van der Waals surface area contributed by atoms with Crippen molar-refractivity contribution in [2.75, 3.05) is 7.11 Å². The number of benzene rings is 1. The largest absolute Gasteiger partial charge is 0.465 e. The van der Waals surface area contributed by atoms with Gasteiger partial charge < -0.3 is 4.74 Å². The van der Waals surface area contributed by atoms with Crippen LogP contribution in [0.25, 0.3) is 0 Å². The highest BCUT2D eigenvalue weighted by Gasteiger charge is 2.24. The fourth-order valence-electron chi connectivity index (χ4n) is 1.27. The molecule has 0 aliphatic carbocycles. The third-order valence-corrected chi connectivity index (χ3v) is 3.86. The minimum Gasteiger partial charge on any atom is -0.465 e. The Morgan fingerprint density at radius 1 is 1.37 bits per heavy atom. The lowest BCUT2D eigenvalue weighted by Crippen LogP contribution is -2.31. The number of carbonyl (C=O) groups excluding carboxylic acids is 2. The molecule has 8 heteroatoms. The lowest BCUT2D eigenvalue weighted by atomic mass is 10.2. The van der Waals surface area contributed by atoms with Gasteiger partial charge in [-0.05, 0) is 18.2 Å². The SMILES string of the molecule is CCC(=O)NS(=O)(=O)c1cc(Cl)ccc1C(=O)OC. The quantitative estimate of drug-likeness (QED) is 0.848. The van der Waals surface area contributed by atoms with Gasteiger partial charge in [-0.25, -0.2) is 17.9 Å². The molecule has 1 amide bonds. The lowest BCUT2D eigenvalue weighted by molar-refractivity contribution is -0.119. The van der Waals surface area contributed by atoms with Gasteiger partial charge in [-0.2, -0.15) is 0 Å². The number of methoxy groups -OCH3 is 1. The zero-order valence-corrected chi connectivity index (χ0v) is 11.8. The molecule has 0 unspecified atom stereocenters. The van der Waals surface area contributed by atoms with Crippen molar-refractivity contribution in [2.45, 2.75) is 18.2 Å². The molecule has 1 N–H and O–H groups in total. The van der Waals surface area contributed by atoms with Gasteiger partial charge in [-0.15, -0.1) is 0 Å². The lowest BCUT2D eigenvalue weighted by Gasteiger charge is -2.10. The summed E-state index contributed by atoms with van der Waals surface area (Å²) in [5, 5.41) is 0.122. The molecule has 0 spiro atoms. The van der Waals surface area contributed by atoms with Crippen LogP contribution in [0.1, 0.15) is 23.7 Å². The van der Waals surface area contributed by atoms with Crippen LogP contribution in [0.4, 0.5) is 0 Å². The monoisotopic (exact) mass is 305 g/mol. The summed E-state index contributed by atoms with van der Waals surface area (Å²) in [6, 6.07) is 3.66. The first-order valence-corrected chi connectivity index (χ1v) is 7.11. The first-order valence-electron chi connectivity index (χ1n) is 5.25. The Bertz CT molecular complexity index is 612. The van der Waals surface area contributed by atoms with Crippen molar-refractivity contribution in [3.05, 3.63) is 28.8 Å². The highest BCUT2D eigenvalue weighted by Crippen LogP contribution is 2.21. The predicted molar refractivity (Wildman–Crippen MR) is 68.4 cm³/mol. The maximum Gasteiger partial charge on any atom is 0.339 e. The summed E-state index contributed by atoms with van der Waals surface area (Å²) in [7, 11) is -3.04. The highest BCUT2D eigenvalue weighted by atomic mass is 35.5. The molecule has 104 valence electrons. The Morgan fingerprint density at radius 2 is 2.00 bits per heavy atom. The Hall–Kier alpha value is -1.60. The van der Waals surface area contributed by atoms with E-state index < -0.39 is 26.8 Å². The highest BCUT2D eigenvalue weighted by molar-refractivity contribution is 7.90. The number of sulfonamides is 1. The van der Waals surface area contributed by atoms with Crippen LogP contribution in [0.2, 0.25) is 5.02 Å². The molecule has 0 aromatic heterocycles. The molecular formula is C11H12ClNO5S. The van der Waals surface area contributed by atoms with Gasteiger partial charge in [-0.3, -0.25) is 4.79 Å². The van der Waals surface area contributed by atoms with Crippen LogP contribution >= 0.6 is 11.6 Å². The molecule has 0 fully saturated rings. The van der Waals surface area contributed by atoms with E-state index in [1.165, 1.54) is 19.1 Å². The predicted octanol–water partition coefficient (Wildman–Crippen LogP) is 1.34. The van der Waals surface area contributed by atoms with Crippen molar-refractivity contribution in [2.24, 2.45) is 0 Å². The van der Waals surface area contributed by atoms with Crippen molar-refractivity contribution in [1.29, 1.82) is 0 Å². The summed E-state index contributed by atoms with van der Waals surface area (Å²) in [6.07, 6.45) is -0.00659. The zero-order chi connectivity index (χ0) is 14.6. The van der Waals surface area contributed by atoms with Crippen molar-refractivity contribution in [1.82, 2.24) is 4.72 Å². The maximum atomic E-state index is 12.0. The van der Waals surface area contributed by atoms with Gasteiger partial charge in [0, 0.05) is 11.4 Å². The number of rotatable bonds is 4. The van der Waals surface area contributed by atoms with E-state index in [0.717, 1.165) is 13.2 Å². The van der Waals surface area contributed by atoms with E-state index in [2.05, 4.69) is 4.74 Å². The fraction of sp³-hybridized carbons (Fsp3) is 0.273. The van der Waals surface area contributed by atoms with E-state index in [0.29, 0.717) is 0 Å². The van der Waals surface area contributed by atoms with Crippen molar-refractivity contribution >= 4 is 33.5 Å². The Morgan fingerprint density at radius 3 is 2.53 bits per heavy atom. The number of hydrogen-bond acceptors (Lipinski definition) is 5. The summed E-state index contributed by atoms with van der Waals surface area (Å²) in [5.74, 6) is -1.52. The van der Waals surface area contributed by atoms with E-state index in [9.17, 15) is 18.0 Å². The summed E-state index contributed by atoms with van der Waals surface area (Å²) < 4.78 is 30.3. The number of amides is 1. The number of esters is 1. The fourth-order valence-corrected chi connectivity index (χ4v) is 2.79. The average molecular weight is 306 g/mol. The van der Waals surface area contributed by atoms with Crippen LogP contribution in [-0.2, 0) is 19.6 Å².